The molecular formula is C27H23Cl2F3N4O3. The van der Waals surface area contributed by atoms with Gasteiger partial charge in [0.1, 0.15) is 23.7 Å². The summed E-state index contributed by atoms with van der Waals surface area (Å²) in [6, 6.07) is 14.9. The van der Waals surface area contributed by atoms with Gasteiger partial charge in [-0.3, -0.25) is 0 Å². The van der Waals surface area contributed by atoms with Crippen LogP contribution >= 0.6 is 23.2 Å². The number of alkyl halides is 3. The van der Waals surface area contributed by atoms with Gasteiger partial charge in [0.05, 0.1) is 15.6 Å². The molecule has 39 heavy (non-hydrogen) atoms. The molecule has 0 amide bonds. The van der Waals surface area contributed by atoms with Crippen molar-refractivity contribution >= 4 is 34.9 Å². The summed E-state index contributed by atoms with van der Waals surface area (Å²) in [5, 5.41) is 16.4. The van der Waals surface area contributed by atoms with Crippen LogP contribution in [0.5, 0.6) is 5.75 Å². The highest BCUT2D eigenvalue weighted by atomic mass is 35.5. The average Bonchev–Trinajstić information content (AvgIpc) is 3.26. The molecule has 0 aliphatic rings. The second-order valence-corrected chi connectivity index (χ2v) is 9.73. The molecule has 0 aliphatic carbocycles. The third-order valence-electron chi connectivity index (χ3n) is 6.08. The van der Waals surface area contributed by atoms with Crippen molar-refractivity contribution in [1.29, 1.82) is 0 Å². The van der Waals surface area contributed by atoms with E-state index in [4.69, 9.17) is 27.9 Å². The molecule has 0 bridgehead atoms. The lowest BCUT2D eigenvalue weighted by molar-refractivity contribution is -0.142. The largest absolute Gasteiger partial charge is 0.487 e. The van der Waals surface area contributed by atoms with Crippen molar-refractivity contribution in [3.63, 3.8) is 0 Å². The number of nitrogens with zero attached hydrogens (tertiary/aromatic N) is 4. The standard InChI is InChI=1S/C27H23Cl2F3N4O3/c1-15-11-17(7-9-19(15)26(37)38)13-35(3)22-10-8-18(12-16(22)2)39-14-23-25(27(30,31)32)33-34-36(23)24-20(28)5-4-6-21(24)29/h4-12H,13-14H2,1-3H3,(H,37,38). The Labute approximate surface area is 232 Å². The predicted molar refractivity (Wildman–Crippen MR) is 142 cm³/mol. The molecule has 7 nitrogen and oxygen atoms in total. The summed E-state index contributed by atoms with van der Waals surface area (Å²) in [6.45, 7) is 3.62. The SMILES string of the molecule is Cc1cc(CN(C)c2ccc(OCc3c(C(F)(F)F)nnn3-c3c(Cl)cccc3Cl)cc2C)ccc1C(=O)O. The Morgan fingerprint density at radius 3 is 2.33 bits per heavy atom. The van der Waals surface area contributed by atoms with E-state index >= 15 is 0 Å². The first-order valence-electron chi connectivity index (χ1n) is 11.6. The first kappa shape index (κ1) is 28.3. The fourth-order valence-corrected chi connectivity index (χ4v) is 4.80. The summed E-state index contributed by atoms with van der Waals surface area (Å²) in [5.74, 6) is -0.632. The number of hydrogen-bond donors (Lipinski definition) is 1. The molecule has 0 atom stereocenters. The van der Waals surface area contributed by atoms with E-state index < -0.39 is 24.4 Å². The Morgan fingerprint density at radius 1 is 1.05 bits per heavy atom. The van der Waals surface area contributed by atoms with Gasteiger partial charge in [0.15, 0.2) is 5.69 Å². The number of anilines is 1. The maximum Gasteiger partial charge on any atom is 0.437 e. The molecule has 1 heterocycles. The van der Waals surface area contributed by atoms with Crippen LogP contribution in [0.1, 0.15) is 38.4 Å². The number of para-hydroxylation sites is 1. The Hall–Kier alpha value is -3.76. The van der Waals surface area contributed by atoms with Gasteiger partial charge < -0.3 is 14.7 Å². The second kappa shape index (κ2) is 11.2. The minimum atomic E-state index is -4.77. The molecular weight excluding hydrogens is 556 g/mol. The van der Waals surface area contributed by atoms with Crippen molar-refractivity contribution in [3.8, 4) is 11.4 Å². The van der Waals surface area contributed by atoms with Gasteiger partial charge in [-0.15, -0.1) is 5.10 Å². The van der Waals surface area contributed by atoms with Crippen LogP contribution in [0.3, 0.4) is 0 Å². The number of carbonyl (C=O) groups is 1. The first-order valence-corrected chi connectivity index (χ1v) is 12.4. The molecule has 12 heteroatoms. The average molecular weight is 579 g/mol. The van der Waals surface area contributed by atoms with E-state index in [9.17, 15) is 23.1 Å². The van der Waals surface area contributed by atoms with Crippen LogP contribution in [0, 0.1) is 13.8 Å². The van der Waals surface area contributed by atoms with Crippen molar-refractivity contribution in [2.24, 2.45) is 0 Å². The second-order valence-electron chi connectivity index (χ2n) is 8.91. The smallest absolute Gasteiger partial charge is 0.437 e. The van der Waals surface area contributed by atoms with E-state index in [1.807, 2.05) is 24.9 Å². The first-order chi connectivity index (χ1) is 18.4. The van der Waals surface area contributed by atoms with Gasteiger partial charge in [0.25, 0.3) is 0 Å². The van der Waals surface area contributed by atoms with E-state index in [-0.39, 0.29) is 27.0 Å². The molecule has 0 saturated carbocycles. The topological polar surface area (TPSA) is 80.5 Å². The highest BCUT2D eigenvalue weighted by Crippen LogP contribution is 2.35. The lowest BCUT2D eigenvalue weighted by Gasteiger charge is -2.22. The van der Waals surface area contributed by atoms with Gasteiger partial charge in [0, 0.05) is 19.3 Å². The van der Waals surface area contributed by atoms with Crippen LogP contribution in [-0.4, -0.2) is 33.1 Å². The highest BCUT2D eigenvalue weighted by Gasteiger charge is 2.39. The Bertz CT molecular complexity index is 1520. The minimum absolute atomic E-state index is 0.0715. The van der Waals surface area contributed by atoms with Crippen molar-refractivity contribution < 1.29 is 27.8 Å². The van der Waals surface area contributed by atoms with Crippen LogP contribution in [0.25, 0.3) is 5.69 Å². The third kappa shape index (κ3) is 6.12. The number of halogens is 5. The molecule has 0 fully saturated rings. The molecule has 1 aromatic heterocycles. The fourth-order valence-electron chi connectivity index (χ4n) is 4.24. The predicted octanol–water partition coefficient (Wildman–Crippen LogP) is 7.12. The molecule has 204 valence electrons. The molecule has 3 aromatic carbocycles. The van der Waals surface area contributed by atoms with Gasteiger partial charge in [-0.2, -0.15) is 13.2 Å². The zero-order valence-electron chi connectivity index (χ0n) is 21.1. The van der Waals surface area contributed by atoms with Gasteiger partial charge in [-0.05, 0) is 66.9 Å². The number of ether oxygens (including phenoxy) is 1. The van der Waals surface area contributed by atoms with E-state index in [1.165, 1.54) is 12.1 Å². The zero-order valence-corrected chi connectivity index (χ0v) is 22.6. The Morgan fingerprint density at radius 2 is 1.74 bits per heavy atom. The summed E-state index contributed by atoms with van der Waals surface area (Å²) >= 11 is 12.4. The van der Waals surface area contributed by atoms with Crippen molar-refractivity contribution in [1.82, 2.24) is 15.0 Å². The molecule has 0 spiro atoms. The summed E-state index contributed by atoms with van der Waals surface area (Å²) in [6.07, 6.45) is -4.77. The van der Waals surface area contributed by atoms with Gasteiger partial charge in [-0.25, -0.2) is 9.48 Å². The molecule has 0 radical (unpaired) electrons. The number of carboxylic acid groups (broad SMARTS) is 1. The summed E-state index contributed by atoms with van der Waals surface area (Å²) in [4.78, 5) is 13.3. The normalized spacial score (nSPS) is 11.5. The van der Waals surface area contributed by atoms with Crippen LogP contribution in [0.2, 0.25) is 10.0 Å². The lowest BCUT2D eigenvalue weighted by atomic mass is 10.0. The van der Waals surface area contributed by atoms with Crippen LogP contribution < -0.4 is 9.64 Å². The lowest BCUT2D eigenvalue weighted by Crippen LogP contribution is -2.18. The Kier molecular flexibility index (Phi) is 8.08. The molecule has 4 aromatic rings. The number of aryl methyl sites for hydroxylation is 2. The molecule has 0 aliphatic heterocycles. The number of hydrogen-bond acceptors (Lipinski definition) is 5. The van der Waals surface area contributed by atoms with E-state index in [2.05, 4.69) is 10.3 Å². The number of aromatic nitrogens is 3. The monoisotopic (exact) mass is 578 g/mol. The van der Waals surface area contributed by atoms with Crippen LogP contribution in [-0.2, 0) is 19.3 Å². The number of aromatic carboxylic acids is 1. The maximum absolute atomic E-state index is 13.7. The molecule has 0 unspecified atom stereocenters. The van der Waals surface area contributed by atoms with Gasteiger partial charge >= 0.3 is 12.1 Å². The number of rotatable bonds is 8. The van der Waals surface area contributed by atoms with Crippen molar-refractivity contribution in [2.45, 2.75) is 33.2 Å². The van der Waals surface area contributed by atoms with Gasteiger partial charge in [0.2, 0.25) is 0 Å². The van der Waals surface area contributed by atoms with Crippen LogP contribution in [0.4, 0.5) is 18.9 Å². The minimum Gasteiger partial charge on any atom is -0.487 e. The Balaban J connectivity index is 1.55. The summed E-state index contributed by atoms with van der Waals surface area (Å²) in [7, 11) is 1.89. The van der Waals surface area contributed by atoms with Crippen LogP contribution in [0.15, 0.2) is 54.6 Å². The maximum atomic E-state index is 13.7. The van der Waals surface area contributed by atoms with E-state index in [1.54, 1.807) is 43.3 Å². The number of benzene rings is 3. The van der Waals surface area contributed by atoms with Crippen molar-refractivity contribution in [2.75, 3.05) is 11.9 Å². The third-order valence-corrected chi connectivity index (χ3v) is 6.69. The van der Waals surface area contributed by atoms with E-state index in [0.717, 1.165) is 21.5 Å². The fraction of sp³-hybridized carbons (Fsp3) is 0.222. The van der Waals surface area contributed by atoms with Crippen molar-refractivity contribution in [3.05, 3.63) is 98.3 Å². The summed E-state index contributed by atoms with van der Waals surface area (Å²) in [5.41, 5.74) is 2.06. The molecule has 0 saturated heterocycles. The van der Waals surface area contributed by atoms with Gasteiger partial charge in [-0.1, -0.05) is 46.6 Å². The molecule has 1 N–H and O–H groups in total. The number of carboxylic acids is 1. The molecule has 4 rings (SSSR count). The zero-order chi connectivity index (χ0) is 28.5. The summed E-state index contributed by atoms with van der Waals surface area (Å²) < 4.78 is 47.8. The van der Waals surface area contributed by atoms with E-state index in [0.29, 0.717) is 17.9 Å². The highest BCUT2D eigenvalue weighted by molar-refractivity contribution is 6.37. The quantitative estimate of drug-likeness (QED) is 0.240.